The molecule has 156 valence electrons. The minimum Gasteiger partial charge on any atom is -0.356 e. The third-order valence-electron chi connectivity index (χ3n) is 5.42. The van der Waals surface area contributed by atoms with Gasteiger partial charge in [-0.1, -0.05) is 20.8 Å². The monoisotopic (exact) mass is 481 g/mol. The maximum absolute atomic E-state index is 4.41. The van der Waals surface area contributed by atoms with Crippen LogP contribution in [0.2, 0.25) is 0 Å². The molecule has 1 aliphatic rings. The van der Waals surface area contributed by atoms with Gasteiger partial charge in [-0.05, 0) is 84.2 Å². The molecule has 0 spiro atoms. The Bertz CT molecular complexity index is 352. The van der Waals surface area contributed by atoms with Crippen molar-refractivity contribution in [1.29, 1.82) is 0 Å². The van der Waals surface area contributed by atoms with Gasteiger partial charge in [0.05, 0.1) is 0 Å². The van der Waals surface area contributed by atoms with E-state index in [2.05, 4.69) is 53.1 Å². The molecule has 0 aromatic heterocycles. The van der Waals surface area contributed by atoms with Crippen LogP contribution >= 0.6 is 24.0 Å². The number of rotatable bonds is 11. The van der Waals surface area contributed by atoms with Crippen LogP contribution in [0, 0.1) is 5.92 Å². The molecule has 1 rings (SSSR count). The van der Waals surface area contributed by atoms with Gasteiger partial charge in [0.1, 0.15) is 0 Å². The smallest absolute Gasteiger partial charge is 0.191 e. The summed E-state index contributed by atoms with van der Waals surface area (Å²) in [6.07, 6.45) is 6.31. The molecular weight excluding hydrogens is 437 g/mol. The third-order valence-corrected chi connectivity index (χ3v) is 5.42. The highest BCUT2D eigenvalue weighted by Gasteiger charge is 2.18. The zero-order chi connectivity index (χ0) is 18.5. The van der Waals surface area contributed by atoms with E-state index in [9.17, 15) is 0 Å². The van der Waals surface area contributed by atoms with Gasteiger partial charge in [-0.15, -0.1) is 24.0 Å². The summed E-state index contributed by atoms with van der Waals surface area (Å²) in [6.45, 7) is 17.3. The number of nitrogens with one attached hydrogen (secondary N) is 2. The number of aliphatic imine (C=N–C) groups is 1. The van der Waals surface area contributed by atoms with Crippen LogP contribution in [0.15, 0.2) is 4.99 Å². The number of nitrogens with zero attached hydrogens (tertiary/aromatic N) is 3. The number of guanidine groups is 1. The highest BCUT2D eigenvalue weighted by Crippen LogP contribution is 2.16. The van der Waals surface area contributed by atoms with Crippen LogP contribution < -0.4 is 10.6 Å². The average molecular weight is 482 g/mol. The first kappa shape index (κ1) is 25.9. The quantitative estimate of drug-likeness (QED) is 0.270. The van der Waals surface area contributed by atoms with Crippen molar-refractivity contribution in [2.24, 2.45) is 10.9 Å². The van der Waals surface area contributed by atoms with Crippen molar-refractivity contribution in [1.82, 2.24) is 20.4 Å². The Kier molecular flexibility index (Phi) is 15.9. The molecule has 1 heterocycles. The molecule has 26 heavy (non-hydrogen) atoms. The molecule has 0 radical (unpaired) electrons. The molecule has 0 aromatic rings. The molecule has 1 saturated heterocycles. The number of piperidine rings is 1. The lowest BCUT2D eigenvalue weighted by Crippen LogP contribution is -2.45. The van der Waals surface area contributed by atoms with Crippen LogP contribution in [0.1, 0.15) is 59.8 Å². The molecule has 1 fully saturated rings. The second-order valence-electron chi connectivity index (χ2n) is 7.45. The first-order chi connectivity index (χ1) is 12.1. The van der Waals surface area contributed by atoms with Crippen LogP contribution in [-0.4, -0.2) is 74.7 Å². The van der Waals surface area contributed by atoms with E-state index in [4.69, 9.17) is 0 Å². The van der Waals surface area contributed by atoms with Crippen molar-refractivity contribution in [3.63, 3.8) is 0 Å². The van der Waals surface area contributed by atoms with Gasteiger partial charge in [-0.2, -0.15) is 0 Å². The van der Waals surface area contributed by atoms with E-state index in [1.807, 2.05) is 7.05 Å². The molecule has 0 amide bonds. The fraction of sp³-hybridized carbons (Fsp3) is 0.950. The summed E-state index contributed by atoms with van der Waals surface area (Å²) in [5, 5.41) is 7.10. The van der Waals surface area contributed by atoms with Gasteiger partial charge in [0.2, 0.25) is 0 Å². The largest absolute Gasteiger partial charge is 0.356 e. The van der Waals surface area contributed by atoms with E-state index in [1.165, 1.54) is 58.3 Å². The van der Waals surface area contributed by atoms with Gasteiger partial charge in [0, 0.05) is 19.6 Å². The van der Waals surface area contributed by atoms with Gasteiger partial charge < -0.3 is 20.4 Å². The lowest BCUT2D eigenvalue weighted by atomic mass is 9.97. The summed E-state index contributed by atoms with van der Waals surface area (Å²) < 4.78 is 0. The van der Waals surface area contributed by atoms with Crippen molar-refractivity contribution in [2.75, 3.05) is 52.9 Å². The molecule has 0 saturated carbocycles. The normalized spacial score (nSPS) is 17.8. The minimum atomic E-state index is 0. The average Bonchev–Trinajstić information content (AvgIpc) is 2.63. The minimum absolute atomic E-state index is 0. The predicted octanol–water partition coefficient (Wildman–Crippen LogP) is 3.40. The standard InChI is InChI=1S/C20H43N5.HI/c1-6-13-25-15-11-19(12-16-25)17-22-20(21-5)23-18(4)10-9-14-24(7-2)8-3;/h18-19H,6-17H2,1-5H3,(H2,21,22,23);1H. The van der Waals surface area contributed by atoms with Gasteiger partial charge in [0.25, 0.3) is 0 Å². The molecule has 1 aliphatic heterocycles. The zero-order valence-electron chi connectivity index (χ0n) is 17.9. The molecule has 1 atom stereocenters. The lowest BCUT2D eigenvalue weighted by molar-refractivity contribution is 0.185. The predicted molar refractivity (Wildman–Crippen MR) is 126 cm³/mol. The zero-order valence-corrected chi connectivity index (χ0v) is 20.2. The highest BCUT2D eigenvalue weighted by molar-refractivity contribution is 14.0. The van der Waals surface area contributed by atoms with Crippen LogP contribution in [-0.2, 0) is 0 Å². The molecular formula is C20H44IN5. The fourth-order valence-electron chi connectivity index (χ4n) is 3.63. The van der Waals surface area contributed by atoms with Crippen LogP contribution in [0.25, 0.3) is 0 Å². The van der Waals surface area contributed by atoms with Crippen LogP contribution in [0.4, 0.5) is 0 Å². The topological polar surface area (TPSA) is 42.9 Å². The summed E-state index contributed by atoms with van der Waals surface area (Å²) in [7, 11) is 1.88. The maximum Gasteiger partial charge on any atom is 0.191 e. The van der Waals surface area contributed by atoms with Crippen LogP contribution in [0.3, 0.4) is 0 Å². The Morgan fingerprint density at radius 1 is 1.19 bits per heavy atom. The Balaban J connectivity index is 0.00000625. The summed E-state index contributed by atoms with van der Waals surface area (Å²) in [5.41, 5.74) is 0. The molecule has 2 N–H and O–H groups in total. The highest BCUT2D eigenvalue weighted by atomic mass is 127. The molecule has 5 nitrogen and oxygen atoms in total. The van der Waals surface area contributed by atoms with Gasteiger partial charge >= 0.3 is 0 Å². The van der Waals surface area contributed by atoms with Crippen molar-refractivity contribution in [3.05, 3.63) is 0 Å². The number of hydrogen-bond donors (Lipinski definition) is 2. The number of halogens is 1. The van der Waals surface area contributed by atoms with E-state index in [1.54, 1.807) is 0 Å². The van der Waals surface area contributed by atoms with E-state index < -0.39 is 0 Å². The summed E-state index contributed by atoms with van der Waals surface area (Å²) in [5.74, 6) is 1.75. The van der Waals surface area contributed by atoms with Crippen molar-refractivity contribution in [3.8, 4) is 0 Å². The van der Waals surface area contributed by atoms with E-state index in [0.29, 0.717) is 6.04 Å². The second kappa shape index (κ2) is 15.9. The first-order valence-electron chi connectivity index (χ1n) is 10.5. The molecule has 0 aromatic carbocycles. The number of likely N-dealkylation sites (tertiary alicyclic amines) is 1. The Morgan fingerprint density at radius 2 is 1.85 bits per heavy atom. The van der Waals surface area contributed by atoms with Gasteiger partial charge in [-0.25, -0.2) is 0 Å². The van der Waals surface area contributed by atoms with Gasteiger partial charge in [-0.3, -0.25) is 4.99 Å². The molecule has 6 heteroatoms. The second-order valence-corrected chi connectivity index (χ2v) is 7.45. The maximum atomic E-state index is 4.41. The summed E-state index contributed by atoms with van der Waals surface area (Å²) in [4.78, 5) is 9.50. The Labute approximate surface area is 179 Å². The first-order valence-corrected chi connectivity index (χ1v) is 10.5. The fourth-order valence-corrected chi connectivity index (χ4v) is 3.63. The Hall–Kier alpha value is -0.0800. The molecule has 0 aliphatic carbocycles. The van der Waals surface area contributed by atoms with Crippen molar-refractivity contribution >= 4 is 29.9 Å². The van der Waals surface area contributed by atoms with E-state index in [-0.39, 0.29) is 24.0 Å². The van der Waals surface area contributed by atoms with Crippen molar-refractivity contribution < 1.29 is 0 Å². The van der Waals surface area contributed by atoms with E-state index >= 15 is 0 Å². The third kappa shape index (κ3) is 10.9. The van der Waals surface area contributed by atoms with Gasteiger partial charge in [0.15, 0.2) is 5.96 Å². The summed E-state index contributed by atoms with van der Waals surface area (Å²) in [6, 6.07) is 0.466. The van der Waals surface area contributed by atoms with E-state index in [0.717, 1.165) is 31.5 Å². The molecule has 1 unspecified atom stereocenters. The number of hydrogen-bond acceptors (Lipinski definition) is 3. The SMILES string of the molecule is CCCN1CCC(CNC(=NC)NC(C)CCCN(CC)CC)CC1.I. The summed E-state index contributed by atoms with van der Waals surface area (Å²) >= 11 is 0. The van der Waals surface area contributed by atoms with Crippen LogP contribution in [0.5, 0.6) is 0 Å². The molecule has 0 bridgehead atoms. The van der Waals surface area contributed by atoms with Crippen molar-refractivity contribution in [2.45, 2.75) is 65.8 Å². The lowest BCUT2D eigenvalue weighted by Gasteiger charge is -2.32. The Morgan fingerprint density at radius 3 is 2.38 bits per heavy atom.